The number of fused-ring (bicyclic) bond motifs is 1. The molecule has 0 spiro atoms. The second-order valence-corrected chi connectivity index (χ2v) is 3.46. The predicted octanol–water partition coefficient (Wildman–Crippen LogP) is 0.755. The molecule has 1 atom stereocenters. The summed E-state index contributed by atoms with van der Waals surface area (Å²) in [5.74, 6) is -0.141. The Morgan fingerprint density at radius 3 is 3.29 bits per heavy atom. The van der Waals surface area contributed by atoms with Gasteiger partial charge in [-0.1, -0.05) is 0 Å². The van der Waals surface area contributed by atoms with Gasteiger partial charge in [0.25, 0.3) is 0 Å². The molecule has 4 nitrogen and oxygen atoms in total. The number of hydrogen-bond acceptors (Lipinski definition) is 4. The van der Waals surface area contributed by atoms with Gasteiger partial charge >= 0.3 is 5.97 Å². The molecule has 1 aromatic heterocycles. The third kappa shape index (κ3) is 1.60. The summed E-state index contributed by atoms with van der Waals surface area (Å²) in [6, 6.07) is 0. The van der Waals surface area contributed by atoms with Gasteiger partial charge in [0.1, 0.15) is 6.33 Å². The van der Waals surface area contributed by atoms with Crippen molar-refractivity contribution in [1.29, 1.82) is 0 Å². The molecule has 1 aliphatic carbocycles. The molecule has 0 aromatic carbocycles. The van der Waals surface area contributed by atoms with Gasteiger partial charge in [-0.3, -0.25) is 4.79 Å². The minimum absolute atomic E-state index is 0.0153. The second-order valence-electron chi connectivity index (χ2n) is 3.46. The Morgan fingerprint density at radius 2 is 2.50 bits per heavy atom. The molecule has 14 heavy (non-hydrogen) atoms. The standard InChI is InChI=1S/C10H12N2O2/c1-14-10(13)7-2-3-9-8(4-7)5-11-6-12-9/h5-7H,2-4H2,1H3. The summed E-state index contributed by atoms with van der Waals surface area (Å²) >= 11 is 0. The number of rotatable bonds is 1. The maximum absolute atomic E-state index is 11.3. The van der Waals surface area contributed by atoms with Crippen molar-refractivity contribution in [1.82, 2.24) is 9.97 Å². The van der Waals surface area contributed by atoms with Crippen molar-refractivity contribution in [3.63, 3.8) is 0 Å². The van der Waals surface area contributed by atoms with Crippen LogP contribution in [0.3, 0.4) is 0 Å². The first-order valence-electron chi connectivity index (χ1n) is 4.67. The molecule has 0 amide bonds. The number of ether oxygens (including phenoxy) is 1. The SMILES string of the molecule is COC(=O)C1CCc2ncncc2C1. The maximum Gasteiger partial charge on any atom is 0.309 e. The Bertz CT molecular complexity index is 352. The largest absolute Gasteiger partial charge is 0.469 e. The number of esters is 1. The zero-order valence-corrected chi connectivity index (χ0v) is 8.06. The lowest BCUT2D eigenvalue weighted by Gasteiger charge is -2.20. The predicted molar refractivity (Wildman–Crippen MR) is 49.6 cm³/mol. The van der Waals surface area contributed by atoms with Crippen LogP contribution in [-0.4, -0.2) is 23.0 Å². The van der Waals surface area contributed by atoms with E-state index in [0.29, 0.717) is 6.42 Å². The molecule has 1 aromatic rings. The van der Waals surface area contributed by atoms with Crippen LogP contribution in [0.4, 0.5) is 0 Å². The normalized spacial score (nSPS) is 19.9. The van der Waals surface area contributed by atoms with E-state index in [4.69, 9.17) is 4.74 Å². The zero-order chi connectivity index (χ0) is 9.97. The van der Waals surface area contributed by atoms with E-state index >= 15 is 0 Å². The lowest BCUT2D eigenvalue weighted by Crippen LogP contribution is -2.24. The molecule has 74 valence electrons. The highest BCUT2D eigenvalue weighted by Gasteiger charge is 2.25. The Hall–Kier alpha value is -1.45. The molecule has 2 rings (SSSR count). The Kier molecular flexibility index (Phi) is 2.43. The smallest absolute Gasteiger partial charge is 0.309 e. The summed E-state index contributed by atoms with van der Waals surface area (Å²) in [5.41, 5.74) is 2.15. The summed E-state index contributed by atoms with van der Waals surface area (Å²) in [5, 5.41) is 0. The monoisotopic (exact) mass is 192 g/mol. The number of aryl methyl sites for hydroxylation is 1. The van der Waals surface area contributed by atoms with Crippen LogP contribution in [0.1, 0.15) is 17.7 Å². The van der Waals surface area contributed by atoms with Gasteiger partial charge in [0.05, 0.1) is 13.0 Å². The molecular formula is C10H12N2O2. The minimum atomic E-state index is -0.125. The van der Waals surface area contributed by atoms with Crippen LogP contribution in [0.15, 0.2) is 12.5 Å². The summed E-state index contributed by atoms with van der Waals surface area (Å²) in [4.78, 5) is 19.4. The minimum Gasteiger partial charge on any atom is -0.469 e. The van der Waals surface area contributed by atoms with E-state index < -0.39 is 0 Å². The van der Waals surface area contributed by atoms with E-state index in [9.17, 15) is 4.79 Å². The van der Waals surface area contributed by atoms with Crippen LogP contribution in [-0.2, 0) is 22.4 Å². The van der Waals surface area contributed by atoms with E-state index in [1.807, 2.05) is 0 Å². The molecular weight excluding hydrogens is 180 g/mol. The molecule has 0 saturated heterocycles. The van der Waals surface area contributed by atoms with Gasteiger partial charge in [0.2, 0.25) is 0 Å². The average Bonchev–Trinajstić information content (AvgIpc) is 2.27. The van der Waals surface area contributed by atoms with Crippen molar-refractivity contribution in [3.8, 4) is 0 Å². The summed E-state index contributed by atoms with van der Waals surface area (Å²) in [6.45, 7) is 0. The molecule has 0 N–H and O–H groups in total. The molecule has 1 unspecified atom stereocenters. The van der Waals surface area contributed by atoms with Crippen LogP contribution in [0, 0.1) is 5.92 Å². The first kappa shape index (κ1) is 9.12. The number of hydrogen-bond donors (Lipinski definition) is 0. The van der Waals surface area contributed by atoms with Gasteiger partial charge in [-0.15, -0.1) is 0 Å². The van der Waals surface area contributed by atoms with Crippen LogP contribution in [0.5, 0.6) is 0 Å². The van der Waals surface area contributed by atoms with Gasteiger partial charge in [-0.2, -0.15) is 0 Å². The van der Waals surface area contributed by atoms with Crippen molar-refractivity contribution >= 4 is 5.97 Å². The molecule has 4 heteroatoms. The quantitative estimate of drug-likeness (QED) is 0.616. The number of aromatic nitrogens is 2. The molecule has 0 saturated carbocycles. The second kappa shape index (κ2) is 3.74. The first-order valence-corrected chi connectivity index (χ1v) is 4.67. The van der Waals surface area contributed by atoms with E-state index in [0.717, 1.165) is 24.1 Å². The highest BCUT2D eigenvalue weighted by atomic mass is 16.5. The zero-order valence-electron chi connectivity index (χ0n) is 8.06. The van der Waals surface area contributed by atoms with Gasteiger partial charge in [0, 0.05) is 11.9 Å². The van der Waals surface area contributed by atoms with Gasteiger partial charge in [-0.05, 0) is 24.8 Å². The van der Waals surface area contributed by atoms with Gasteiger partial charge in [0.15, 0.2) is 0 Å². The van der Waals surface area contributed by atoms with Crippen LogP contribution in [0.2, 0.25) is 0 Å². The fourth-order valence-electron chi connectivity index (χ4n) is 1.83. The van der Waals surface area contributed by atoms with E-state index in [-0.39, 0.29) is 11.9 Å². The fraction of sp³-hybridized carbons (Fsp3) is 0.500. The highest BCUT2D eigenvalue weighted by molar-refractivity contribution is 5.73. The number of carbonyl (C=O) groups excluding carboxylic acids is 1. The van der Waals surface area contributed by atoms with E-state index in [1.54, 1.807) is 12.5 Å². The summed E-state index contributed by atoms with van der Waals surface area (Å²) in [7, 11) is 1.43. The van der Waals surface area contributed by atoms with Gasteiger partial charge in [-0.25, -0.2) is 9.97 Å². The topological polar surface area (TPSA) is 52.1 Å². The van der Waals surface area contributed by atoms with Crippen molar-refractivity contribution < 1.29 is 9.53 Å². The molecule has 1 heterocycles. The fourth-order valence-corrected chi connectivity index (χ4v) is 1.83. The number of nitrogens with zero attached hydrogens (tertiary/aromatic N) is 2. The van der Waals surface area contributed by atoms with Crippen molar-refractivity contribution in [3.05, 3.63) is 23.8 Å². The third-order valence-electron chi connectivity index (χ3n) is 2.61. The van der Waals surface area contributed by atoms with Crippen molar-refractivity contribution in [2.24, 2.45) is 5.92 Å². The summed E-state index contributed by atoms with van der Waals surface area (Å²) in [6.07, 6.45) is 5.73. The van der Waals surface area contributed by atoms with E-state index in [2.05, 4.69) is 9.97 Å². The first-order chi connectivity index (χ1) is 6.81. The lowest BCUT2D eigenvalue weighted by atomic mass is 9.87. The van der Waals surface area contributed by atoms with Crippen molar-refractivity contribution in [2.75, 3.05) is 7.11 Å². The maximum atomic E-state index is 11.3. The third-order valence-corrected chi connectivity index (χ3v) is 2.61. The van der Waals surface area contributed by atoms with Gasteiger partial charge < -0.3 is 4.74 Å². The van der Waals surface area contributed by atoms with E-state index in [1.165, 1.54) is 7.11 Å². The highest BCUT2D eigenvalue weighted by Crippen LogP contribution is 2.23. The molecule has 1 aliphatic rings. The number of methoxy groups -OCH3 is 1. The summed E-state index contributed by atoms with van der Waals surface area (Å²) < 4.78 is 4.72. The Labute approximate surface area is 82.3 Å². The molecule has 0 radical (unpaired) electrons. The van der Waals surface area contributed by atoms with Crippen molar-refractivity contribution in [2.45, 2.75) is 19.3 Å². The molecule has 0 fully saturated rings. The lowest BCUT2D eigenvalue weighted by molar-refractivity contribution is -0.145. The Morgan fingerprint density at radius 1 is 1.64 bits per heavy atom. The van der Waals surface area contributed by atoms with Crippen LogP contribution in [0.25, 0.3) is 0 Å². The molecule has 0 aliphatic heterocycles. The van der Waals surface area contributed by atoms with Crippen LogP contribution < -0.4 is 0 Å². The van der Waals surface area contributed by atoms with Crippen LogP contribution >= 0.6 is 0 Å². The average molecular weight is 192 g/mol. The number of carbonyl (C=O) groups is 1. The Balaban J connectivity index is 2.17. The molecule has 0 bridgehead atoms.